The van der Waals surface area contributed by atoms with Gasteiger partial charge in [0.15, 0.2) is 5.53 Å². The van der Waals surface area contributed by atoms with Crippen LogP contribution in [0.5, 0.6) is 0 Å². The van der Waals surface area contributed by atoms with Crippen LogP contribution >= 0.6 is 7.36 Å². The minimum atomic E-state index is -0.402. The first kappa shape index (κ1) is 19.2. The molecule has 0 radical (unpaired) electrons. The number of hydrogen-bond donors (Lipinski definition) is 1. The number of ether oxygens (including phenoxy) is 2. The Balaban J connectivity index is 1.91. The lowest BCUT2D eigenvalue weighted by molar-refractivity contribution is -0.145. The molecule has 2 rings (SSSR count). The first-order valence-corrected chi connectivity index (χ1v) is 10.5. The van der Waals surface area contributed by atoms with Crippen LogP contribution in [0.1, 0.15) is 32.6 Å². The summed E-state index contributed by atoms with van der Waals surface area (Å²) in [6, 6.07) is 0. The lowest BCUT2D eigenvalue weighted by Gasteiger charge is -2.45. The third-order valence-electron chi connectivity index (χ3n) is 4.39. The molecule has 0 spiro atoms. The van der Waals surface area contributed by atoms with Crippen LogP contribution in [0.4, 0.5) is 0 Å². The summed E-state index contributed by atoms with van der Waals surface area (Å²) in [6.45, 7) is 7.64. The van der Waals surface area contributed by atoms with Crippen molar-refractivity contribution in [3.8, 4) is 0 Å². The number of rotatable bonds is 10. The molecule has 0 unspecified atom stereocenters. The van der Waals surface area contributed by atoms with Gasteiger partial charge in [-0.05, 0) is 32.6 Å². The summed E-state index contributed by atoms with van der Waals surface area (Å²) in [5.74, 6) is -0.244. The van der Waals surface area contributed by atoms with Crippen molar-refractivity contribution in [1.29, 1.82) is 0 Å². The molecule has 0 aromatic carbocycles. The number of nitrogens with one attached hydrogen (secondary N) is 1. The summed E-state index contributed by atoms with van der Waals surface area (Å²) in [4.78, 5) is 16.8. The van der Waals surface area contributed by atoms with Crippen molar-refractivity contribution in [3.05, 3.63) is 0 Å². The van der Waals surface area contributed by atoms with E-state index >= 15 is 0 Å². The summed E-state index contributed by atoms with van der Waals surface area (Å²) in [5, 5.41) is 3.43. The Morgan fingerprint density at radius 2 is 1.70 bits per heavy atom. The maximum absolute atomic E-state index is 12.0. The Morgan fingerprint density at radius 1 is 1.13 bits per heavy atom. The van der Waals surface area contributed by atoms with Crippen LogP contribution in [0.25, 0.3) is 0 Å². The van der Waals surface area contributed by atoms with Crippen LogP contribution in [0, 0.1) is 0 Å². The van der Waals surface area contributed by atoms with Crippen LogP contribution in [-0.4, -0.2) is 73.8 Å². The third-order valence-corrected chi connectivity index (χ3v) is 6.13. The fourth-order valence-electron chi connectivity index (χ4n) is 3.23. The molecule has 2 heterocycles. The fourth-order valence-corrected chi connectivity index (χ4v) is 4.89. The number of carbonyl (C=O) groups is 1. The van der Waals surface area contributed by atoms with E-state index in [-0.39, 0.29) is 12.5 Å². The van der Waals surface area contributed by atoms with Gasteiger partial charge in [0.05, 0.1) is 13.2 Å². The summed E-state index contributed by atoms with van der Waals surface area (Å²) in [6.07, 6.45) is 4.78. The molecule has 23 heavy (non-hydrogen) atoms. The monoisotopic (exact) mass is 361 g/mol. The smallest absolute Gasteiger partial charge is 0.320 e. The minimum Gasteiger partial charge on any atom is -0.462 e. The van der Waals surface area contributed by atoms with E-state index in [1.54, 1.807) is 0 Å². The molecule has 1 N–H and O–H groups in total. The lowest BCUT2D eigenvalue weighted by Crippen LogP contribution is -2.64. The average molecular weight is 361 g/mol. The second-order valence-electron chi connectivity index (χ2n) is 5.89. The van der Waals surface area contributed by atoms with E-state index in [1.165, 1.54) is 25.7 Å². The highest BCUT2D eigenvalue weighted by Crippen LogP contribution is 2.35. The highest BCUT2D eigenvalue weighted by molar-refractivity contribution is 7.97. The van der Waals surface area contributed by atoms with Crippen molar-refractivity contribution in [3.63, 3.8) is 0 Å². The van der Waals surface area contributed by atoms with E-state index < -0.39 is 5.53 Å². The van der Waals surface area contributed by atoms with Crippen LogP contribution in [0.2, 0.25) is 0 Å². The molecule has 2 aliphatic heterocycles. The van der Waals surface area contributed by atoms with Crippen LogP contribution in [0.3, 0.4) is 0 Å². The molecule has 0 saturated carbocycles. The molecular weight excluding hydrogens is 333 g/mol. The lowest BCUT2D eigenvalue weighted by atomic mass is 10.4. The standard InChI is InChI=1S/C15H28N3O3PS/c1-2-20-11-12-21-14(19)13-16-15(22-23,17-7-3-4-8-17)18-9-5-6-10-18/h16H,2-13H2,1H3. The third kappa shape index (κ3) is 5.15. The fraction of sp³-hybridized carbons (Fsp3) is 0.933. The molecule has 0 atom stereocenters. The van der Waals surface area contributed by atoms with Crippen LogP contribution in [-0.2, 0) is 26.1 Å². The number of likely N-dealkylation sites (tertiary alicyclic amines) is 2. The Bertz CT molecular complexity index is 372. The van der Waals surface area contributed by atoms with Gasteiger partial charge in [-0.1, -0.05) is 11.8 Å². The Morgan fingerprint density at radius 3 is 2.17 bits per heavy atom. The van der Waals surface area contributed by atoms with Gasteiger partial charge in [-0.25, -0.2) is 0 Å². The number of carbonyl (C=O) groups excluding carboxylic acids is 1. The summed E-state index contributed by atoms with van der Waals surface area (Å²) < 4.78 is 10.4. The molecule has 0 aliphatic carbocycles. The van der Waals surface area contributed by atoms with E-state index in [0.717, 1.165) is 33.5 Å². The van der Waals surface area contributed by atoms with E-state index in [4.69, 9.17) is 21.3 Å². The summed E-state index contributed by atoms with van der Waals surface area (Å²) >= 11 is 5.49. The molecule has 8 heteroatoms. The van der Waals surface area contributed by atoms with Gasteiger partial charge in [0.25, 0.3) is 0 Å². The Hall–Kier alpha value is -0.170. The average Bonchev–Trinajstić information content (AvgIpc) is 3.27. The first-order chi connectivity index (χ1) is 11.2. The molecule has 0 aromatic rings. The Labute approximate surface area is 145 Å². The predicted molar refractivity (Wildman–Crippen MR) is 94.1 cm³/mol. The maximum atomic E-state index is 12.0. The largest absolute Gasteiger partial charge is 0.462 e. The van der Waals surface area contributed by atoms with Gasteiger partial charge in [-0.2, -0.15) is 0 Å². The summed E-state index contributed by atoms with van der Waals surface area (Å²) in [7, 11) is 0.829. The van der Waals surface area contributed by atoms with Crippen molar-refractivity contribution in [1.82, 2.24) is 15.1 Å². The molecular formula is C15H28N3O3PS. The molecule has 0 bridgehead atoms. The van der Waals surface area contributed by atoms with Crippen molar-refractivity contribution in [2.75, 3.05) is 52.5 Å². The zero-order valence-electron chi connectivity index (χ0n) is 14.0. The zero-order valence-corrected chi connectivity index (χ0v) is 15.7. The second kappa shape index (κ2) is 9.97. The predicted octanol–water partition coefficient (Wildman–Crippen LogP) is 1.37. The van der Waals surface area contributed by atoms with Crippen molar-refractivity contribution >= 4 is 25.1 Å². The zero-order chi connectivity index (χ0) is 16.5. The normalized spacial score (nSPS) is 20.4. The summed E-state index contributed by atoms with van der Waals surface area (Å²) in [5.41, 5.74) is -0.402. The van der Waals surface area contributed by atoms with Crippen molar-refractivity contribution < 1.29 is 14.3 Å². The molecule has 6 nitrogen and oxygen atoms in total. The molecule has 2 fully saturated rings. The first-order valence-electron chi connectivity index (χ1n) is 8.56. The molecule has 2 aliphatic rings. The van der Waals surface area contributed by atoms with Gasteiger partial charge < -0.3 is 9.47 Å². The SMILES string of the molecule is CCOCCOC(=O)CNC(P=S)(N1CCCC1)N1CCCC1. The van der Waals surface area contributed by atoms with Gasteiger partial charge in [0.2, 0.25) is 0 Å². The van der Waals surface area contributed by atoms with Gasteiger partial charge in [0, 0.05) is 40.1 Å². The van der Waals surface area contributed by atoms with Crippen molar-refractivity contribution in [2.24, 2.45) is 0 Å². The molecule has 2 saturated heterocycles. The highest BCUT2D eigenvalue weighted by atomic mass is 32.4. The molecule has 132 valence electrons. The number of hydrogen-bond acceptors (Lipinski definition) is 7. The van der Waals surface area contributed by atoms with Gasteiger partial charge in [-0.15, -0.1) is 0 Å². The van der Waals surface area contributed by atoms with Gasteiger partial charge in [0.1, 0.15) is 6.61 Å². The second-order valence-corrected chi connectivity index (χ2v) is 7.24. The van der Waals surface area contributed by atoms with Crippen LogP contribution in [0.15, 0.2) is 0 Å². The minimum absolute atomic E-state index is 0.183. The van der Waals surface area contributed by atoms with E-state index in [1.807, 2.05) is 6.92 Å². The highest BCUT2D eigenvalue weighted by Gasteiger charge is 2.43. The van der Waals surface area contributed by atoms with Crippen molar-refractivity contribution in [2.45, 2.75) is 38.1 Å². The van der Waals surface area contributed by atoms with Crippen LogP contribution < -0.4 is 5.32 Å². The Kier molecular flexibility index (Phi) is 8.30. The number of esters is 1. The molecule has 0 amide bonds. The van der Waals surface area contributed by atoms with Gasteiger partial charge in [-0.3, -0.25) is 19.9 Å². The molecule has 0 aromatic heterocycles. The van der Waals surface area contributed by atoms with Gasteiger partial charge >= 0.3 is 5.97 Å². The van der Waals surface area contributed by atoms with E-state index in [2.05, 4.69) is 15.1 Å². The topological polar surface area (TPSA) is 54.0 Å². The maximum Gasteiger partial charge on any atom is 0.320 e. The quantitative estimate of drug-likeness (QED) is 0.358. The van der Waals surface area contributed by atoms with E-state index in [0.29, 0.717) is 19.8 Å². The number of nitrogens with zero attached hydrogens (tertiary/aromatic N) is 2. The van der Waals surface area contributed by atoms with E-state index in [9.17, 15) is 4.79 Å².